The minimum atomic E-state index is -0.251. The maximum Gasteiger partial charge on any atom is 0.225 e. The molecule has 7 heteroatoms. The average Bonchev–Trinajstić information content (AvgIpc) is 3.07. The number of carbonyl (C=O) groups is 1. The van der Waals surface area contributed by atoms with Gasteiger partial charge in [-0.05, 0) is 40.2 Å². The fraction of sp³-hybridized carbons (Fsp3) is 0.636. The molecule has 2 N–H and O–H groups in total. The summed E-state index contributed by atoms with van der Waals surface area (Å²) in [6.07, 6.45) is 0.937. The van der Waals surface area contributed by atoms with Crippen LogP contribution >= 0.6 is 24.0 Å². The molecular weight excluding hydrogens is 479 g/mol. The Labute approximate surface area is 192 Å². The lowest BCUT2D eigenvalue weighted by atomic mass is 10.1. The van der Waals surface area contributed by atoms with Crippen molar-refractivity contribution in [2.24, 2.45) is 10.9 Å². The predicted octanol–water partition coefficient (Wildman–Crippen LogP) is 3.79. The van der Waals surface area contributed by atoms with Gasteiger partial charge in [0.1, 0.15) is 11.4 Å². The lowest BCUT2D eigenvalue weighted by Crippen LogP contribution is -2.45. The molecule has 1 aliphatic rings. The largest absolute Gasteiger partial charge is 0.488 e. The van der Waals surface area contributed by atoms with Crippen molar-refractivity contribution in [1.82, 2.24) is 15.5 Å². The van der Waals surface area contributed by atoms with E-state index in [2.05, 4.69) is 17.6 Å². The van der Waals surface area contributed by atoms with Crippen LogP contribution in [0.25, 0.3) is 0 Å². The summed E-state index contributed by atoms with van der Waals surface area (Å²) in [5.41, 5.74) is 0.802. The number of halogens is 1. The van der Waals surface area contributed by atoms with E-state index in [-0.39, 0.29) is 47.4 Å². The fourth-order valence-electron chi connectivity index (χ4n) is 3.18. The first kappa shape index (κ1) is 25.5. The number of hydrogen-bond acceptors (Lipinski definition) is 3. The molecule has 0 aliphatic carbocycles. The van der Waals surface area contributed by atoms with Crippen LogP contribution in [-0.4, -0.2) is 48.0 Å². The molecule has 6 nitrogen and oxygen atoms in total. The summed E-state index contributed by atoms with van der Waals surface area (Å²) in [5, 5.41) is 6.79. The molecule has 29 heavy (non-hydrogen) atoms. The van der Waals surface area contributed by atoms with Crippen molar-refractivity contribution in [3.63, 3.8) is 0 Å². The number of ether oxygens (including phenoxy) is 1. The Hall–Kier alpha value is -1.51. The van der Waals surface area contributed by atoms with E-state index in [4.69, 9.17) is 9.73 Å². The number of hydrogen-bond donors (Lipinski definition) is 2. The van der Waals surface area contributed by atoms with Crippen molar-refractivity contribution in [1.29, 1.82) is 0 Å². The molecule has 0 spiro atoms. The van der Waals surface area contributed by atoms with Gasteiger partial charge in [-0.2, -0.15) is 0 Å². The van der Waals surface area contributed by atoms with Gasteiger partial charge in [0.2, 0.25) is 5.91 Å². The van der Waals surface area contributed by atoms with Gasteiger partial charge in [0.05, 0.1) is 6.54 Å². The molecular formula is C22H37IN4O2. The predicted molar refractivity (Wildman–Crippen MR) is 130 cm³/mol. The molecule has 164 valence electrons. The lowest BCUT2D eigenvalue weighted by molar-refractivity contribution is -0.133. The number of benzene rings is 1. The third kappa shape index (κ3) is 8.40. The molecule has 1 aromatic carbocycles. The average molecular weight is 516 g/mol. The highest BCUT2D eigenvalue weighted by molar-refractivity contribution is 14.0. The summed E-state index contributed by atoms with van der Waals surface area (Å²) in [6, 6.07) is 8.25. The number of aliphatic imine (C=N–C) groups is 1. The third-order valence-electron chi connectivity index (χ3n) is 4.48. The zero-order chi connectivity index (χ0) is 20.7. The Morgan fingerprint density at radius 2 is 2.00 bits per heavy atom. The molecule has 1 unspecified atom stereocenters. The molecule has 0 aromatic heterocycles. The molecule has 1 aromatic rings. The molecule has 1 heterocycles. The van der Waals surface area contributed by atoms with Gasteiger partial charge in [-0.1, -0.05) is 32.0 Å². The fourth-order valence-corrected chi connectivity index (χ4v) is 3.18. The van der Waals surface area contributed by atoms with Crippen LogP contribution in [0.4, 0.5) is 0 Å². The van der Waals surface area contributed by atoms with Crippen LogP contribution in [0.2, 0.25) is 0 Å². The lowest BCUT2D eigenvalue weighted by Gasteiger charge is -2.23. The van der Waals surface area contributed by atoms with Crippen LogP contribution < -0.4 is 15.4 Å². The first-order valence-corrected chi connectivity index (χ1v) is 10.3. The SMILES string of the molecule is CCNC(=NCc1ccccc1OC(C)(C)C)NC1CCN(C(=O)C(C)C)C1.I. The number of likely N-dealkylation sites (tertiary alicyclic amines) is 1. The van der Waals surface area contributed by atoms with Crippen molar-refractivity contribution < 1.29 is 9.53 Å². The number of amides is 1. The van der Waals surface area contributed by atoms with E-state index in [0.29, 0.717) is 6.54 Å². The number of nitrogens with one attached hydrogen (secondary N) is 2. The summed E-state index contributed by atoms with van der Waals surface area (Å²) in [7, 11) is 0. The molecule has 2 rings (SSSR count). The van der Waals surface area contributed by atoms with E-state index in [1.807, 2.05) is 63.8 Å². The molecule has 0 radical (unpaired) electrons. The van der Waals surface area contributed by atoms with E-state index >= 15 is 0 Å². The van der Waals surface area contributed by atoms with Gasteiger partial charge in [0.25, 0.3) is 0 Å². The Balaban J connectivity index is 0.00000420. The highest BCUT2D eigenvalue weighted by Crippen LogP contribution is 2.23. The summed E-state index contributed by atoms with van der Waals surface area (Å²) in [6.45, 7) is 14.9. The number of rotatable bonds is 6. The molecule has 0 bridgehead atoms. The summed E-state index contributed by atoms with van der Waals surface area (Å²) in [4.78, 5) is 18.9. The van der Waals surface area contributed by atoms with Gasteiger partial charge in [-0.15, -0.1) is 24.0 Å². The number of para-hydroxylation sites is 1. The zero-order valence-electron chi connectivity index (χ0n) is 18.6. The first-order valence-electron chi connectivity index (χ1n) is 10.3. The second-order valence-electron chi connectivity index (χ2n) is 8.59. The van der Waals surface area contributed by atoms with Gasteiger partial charge in [-0.3, -0.25) is 4.79 Å². The normalized spacial score (nSPS) is 17.1. The van der Waals surface area contributed by atoms with Gasteiger partial charge < -0.3 is 20.3 Å². The van der Waals surface area contributed by atoms with Crippen LogP contribution in [0.1, 0.15) is 53.5 Å². The van der Waals surface area contributed by atoms with Gasteiger partial charge in [-0.25, -0.2) is 4.99 Å². The second-order valence-corrected chi connectivity index (χ2v) is 8.59. The highest BCUT2D eigenvalue weighted by Gasteiger charge is 2.28. The minimum Gasteiger partial charge on any atom is -0.488 e. The Kier molecular flexibility index (Phi) is 10.2. The summed E-state index contributed by atoms with van der Waals surface area (Å²) >= 11 is 0. The van der Waals surface area contributed by atoms with Crippen LogP contribution in [-0.2, 0) is 11.3 Å². The zero-order valence-corrected chi connectivity index (χ0v) is 20.9. The Bertz CT molecular complexity index is 686. The highest BCUT2D eigenvalue weighted by atomic mass is 127. The number of carbonyl (C=O) groups excluding carboxylic acids is 1. The van der Waals surface area contributed by atoms with Gasteiger partial charge in [0.15, 0.2) is 5.96 Å². The second kappa shape index (κ2) is 11.6. The van der Waals surface area contributed by atoms with Crippen LogP contribution in [0.3, 0.4) is 0 Å². The van der Waals surface area contributed by atoms with E-state index in [1.54, 1.807) is 0 Å². The Morgan fingerprint density at radius 1 is 1.31 bits per heavy atom. The standard InChI is InChI=1S/C22H36N4O2.HI/c1-7-23-21(25-18-12-13-26(15-18)20(27)16(2)3)24-14-17-10-8-9-11-19(17)28-22(4,5)6;/h8-11,16,18H,7,12-15H2,1-6H3,(H2,23,24,25);1H. The maximum absolute atomic E-state index is 12.2. The van der Waals surface area contributed by atoms with E-state index in [0.717, 1.165) is 43.3 Å². The topological polar surface area (TPSA) is 66.0 Å². The maximum atomic E-state index is 12.2. The molecule has 0 saturated carbocycles. The number of nitrogens with zero attached hydrogens (tertiary/aromatic N) is 2. The third-order valence-corrected chi connectivity index (χ3v) is 4.48. The molecule has 1 saturated heterocycles. The smallest absolute Gasteiger partial charge is 0.225 e. The van der Waals surface area contributed by atoms with Crippen molar-refractivity contribution in [2.75, 3.05) is 19.6 Å². The van der Waals surface area contributed by atoms with Crippen LogP contribution in [0.5, 0.6) is 5.75 Å². The van der Waals surface area contributed by atoms with Crippen molar-refractivity contribution in [3.05, 3.63) is 29.8 Å². The molecule has 1 fully saturated rings. The Morgan fingerprint density at radius 3 is 2.62 bits per heavy atom. The molecule has 1 atom stereocenters. The molecule has 1 aliphatic heterocycles. The number of guanidine groups is 1. The van der Waals surface area contributed by atoms with E-state index < -0.39 is 0 Å². The summed E-state index contributed by atoms with van der Waals surface area (Å²) < 4.78 is 6.07. The summed E-state index contributed by atoms with van der Waals surface area (Å²) in [5.74, 6) is 1.90. The van der Waals surface area contributed by atoms with Crippen molar-refractivity contribution >= 4 is 35.8 Å². The molecule has 1 amide bonds. The monoisotopic (exact) mass is 516 g/mol. The van der Waals surface area contributed by atoms with Crippen molar-refractivity contribution in [2.45, 2.75) is 66.2 Å². The van der Waals surface area contributed by atoms with Gasteiger partial charge >= 0.3 is 0 Å². The van der Waals surface area contributed by atoms with Crippen LogP contribution in [0, 0.1) is 5.92 Å². The first-order chi connectivity index (χ1) is 13.2. The van der Waals surface area contributed by atoms with Crippen molar-refractivity contribution in [3.8, 4) is 5.75 Å². The minimum absolute atomic E-state index is 0. The van der Waals surface area contributed by atoms with Crippen LogP contribution in [0.15, 0.2) is 29.3 Å². The van der Waals surface area contributed by atoms with E-state index in [1.165, 1.54) is 0 Å². The van der Waals surface area contributed by atoms with E-state index in [9.17, 15) is 4.79 Å². The quantitative estimate of drug-likeness (QED) is 0.343. The van der Waals surface area contributed by atoms with Gasteiger partial charge in [0, 0.05) is 37.2 Å².